The Labute approximate surface area is 112 Å². The van der Waals surface area contributed by atoms with E-state index in [2.05, 4.69) is 5.32 Å². The quantitative estimate of drug-likeness (QED) is 0.833. The lowest BCUT2D eigenvalue weighted by atomic mass is 10.1. The zero-order valence-corrected chi connectivity index (χ0v) is 11.3. The van der Waals surface area contributed by atoms with E-state index in [1.54, 1.807) is 6.07 Å². The molecule has 100 valence electrons. The molecule has 0 bridgehead atoms. The lowest BCUT2D eigenvalue weighted by Crippen LogP contribution is -2.30. The number of carbonyl (C=O) groups is 1. The smallest absolute Gasteiger partial charge is 0.267 e. The summed E-state index contributed by atoms with van der Waals surface area (Å²) in [5.74, 6) is 0.192. The molecular weight excluding hydrogens is 252 g/mol. The van der Waals surface area contributed by atoms with Crippen LogP contribution in [0.4, 0.5) is 0 Å². The maximum Gasteiger partial charge on any atom is 0.267 e. The van der Waals surface area contributed by atoms with Gasteiger partial charge in [-0.25, -0.2) is 0 Å². The number of rotatable bonds is 6. The summed E-state index contributed by atoms with van der Waals surface area (Å²) in [7, 11) is 0. The van der Waals surface area contributed by atoms with E-state index >= 15 is 0 Å². The van der Waals surface area contributed by atoms with Crippen LogP contribution in [-0.2, 0) is 0 Å². The van der Waals surface area contributed by atoms with Gasteiger partial charge in [0.05, 0.1) is 5.02 Å². The van der Waals surface area contributed by atoms with Gasteiger partial charge in [-0.2, -0.15) is 0 Å². The standard InChI is InChI=1S/C13H19ClN2O2/c1-9(4-5-17)7-15-13(18)12-6-10(14)8-16(12)11-2-3-11/h6,8-9,11,17H,2-5,7H2,1H3,(H,15,18). The van der Waals surface area contributed by atoms with E-state index in [9.17, 15) is 4.79 Å². The van der Waals surface area contributed by atoms with E-state index in [4.69, 9.17) is 16.7 Å². The molecule has 1 aliphatic rings. The largest absolute Gasteiger partial charge is 0.396 e. The highest BCUT2D eigenvalue weighted by atomic mass is 35.5. The number of nitrogens with zero attached hydrogens (tertiary/aromatic N) is 1. The molecule has 0 aliphatic heterocycles. The summed E-state index contributed by atoms with van der Waals surface area (Å²) in [5, 5.41) is 12.3. The van der Waals surface area contributed by atoms with Gasteiger partial charge < -0.3 is 15.0 Å². The lowest BCUT2D eigenvalue weighted by Gasteiger charge is -2.12. The van der Waals surface area contributed by atoms with Crippen molar-refractivity contribution in [3.8, 4) is 0 Å². The summed E-state index contributed by atoms with van der Waals surface area (Å²) in [6.07, 6.45) is 4.76. The molecule has 0 radical (unpaired) electrons. The van der Waals surface area contributed by atoms with Crippen LogP contribution in [0.3, 0.4) is 0 Å². The van der Waals surface area contributed by atoms with Crippen LogP contribution < -0.4 is 5.32 Å². The summed E-state index contributed by atoms with van der Waals surface area (Å²) in [4.78, 5) is 12.1. The van der Waals surface area contributed by atoms with Crippen LogP contribution in [0.1, 0.15) is 42.7 Å². The summed E-state index contributed by atoms with van der Waals surface area (Å²) in [6, 6.07) is 2.15. The van der Waals surface area contributed by atoms with Crippen molar-refractivity contribution in [1.82, 2.24) is 9.88 Å². The molecule has 1 unspecified atom stereocenters. The maximum atomic E-state index is 12.1. The zero-order valence-electron chi connectivity index (χ0n) is 10.5. The molecule has 1 aliphatic carbocycles. The number of halogens is 1. The van der Waals surface area contributed by atoms with Gasteiger partial charge >= 0.3 is 0 Å². The molecule has 0 spiro atoms. The predicted octanol–water partition coefficient (Wildman–Crippen LogP) is 2.22. The predicted molar refractivity (Wildman–Crippen MR) is 70.9 cm³/mol. The second-order valence-corrected chi connectivity index (χ2v) is 5.45. The van der Waals surface area contributed by atoms with Crippen LogP contribution in [-0.4, -0.2) is 28.7 Å². The molecule has 1 heterocycles. The van der Waals surface area contributed by atoms with E-state index in [0.29, 0.717) is 29.7 Å². The molecule has 0 saturated heterocycles. The van der Waals surface area contributed by atoms with Gasteiger partial charge in [0.1, 0.15) is 5.69 Å². The first-order valence-electron chi connectivity index (χ1n) is 6.38. The average molecular weight is 271 g/mol. The molecule has 1 aromatic rings. The molecule has 2 N–H and O–H groups in total. The Bertz CT molecular complexity index is 427. The van der Waals surface area contributed by atoms with Crippen LogP contribution in [0.25, 0.3) is 0 Å². The summed E-state index contributed by atoms with van der Waals surface area (Å²) >= 11 is 5.96. The average Bonchev–Trinajstić information content (AvgIpc) is 3.10. The molecule has 18 heavy (non-hydrogen) atoms. The van der Waals surface area contributed by atoms with Crippen LogP contribution >= 0.6 is 11.6 Å². The van der Waals surface area contributed by atoms with Crippen molar-refractivity contribution in [2.75, 3.05) is 13.2 Å². The SMILES string of the molecule is CC(CCO)CNC(=O)c1cc(Cl)cn1C1CC1. The third kappa shape index (κ3) is 3.27. The second-order valence-electron chi connectivity index (χ2n) is 5.01. The van der Waals surface area contributed by atoms with Crippen LogP contribution in [0.5, 0.6) is 0 Å². The van der Waals surface area contributed by atoms with Gasteiger partial charge in [-0.05, 0) is 31.2 Å². The number of hydrogen-bond donors (Lipinski definition) is 2. The summed E-state index contributed by atoms with van der Waals surface area (Å²) < 4.78 is 1.97. The molecule has 1 atom stereocenters. The fraction of sp³-hybridized carbons (Fsp3) is 0.615. The van der Waals surface area contributed by atoms with E-state index in [1.165, 1.54) is 0 Å². The van der Waals surface area contributed by atoms with Crippen molar-refractivity contribution >= 4 is 17.5 Å². The van der Waals surface area contributed by atoms with Crippen molar-refractivity contribution in [1.29, 1.82) is 0 Å². The minimum absolute atomic E-state index is 0.0846. The number of hydrogen-bond acceptors (Lipinski definition) is 2. The van der Waals surface area contributed by atoms with Crippen molar-refractivity contribution in [2.24, 2.45) is 5.92 Å². The number of aromatic nitrogens is 1. The molecule has 1 amide bonds. The highest BCUT2D eigenvalue weighted by molar-refractivity contribution is 6.31. The third-order valence-electron chi connectivity index (χ3n) is 3.22. The van der Waals surface area contributed by atoms with Gasteiger partial charge in [-0.1, -0.05) is 18.5 Å². The molecule has 1 saturated carbocycles. The van der Waals surface area contributed by atoms with E-state index in [0.717, 1.165) is 12.8 Å². The van der Waals surface area contributed by atoms with E-state index < -0.39 is 0 Å². The molecule has 4 nitrogen and oxygen atoms in total. The Balaban J connectivity index is 1.96. The first-order valence-corrected chi connectivity index (χ1v) is 6.76. The fourth-order valence-corrected chi connectivity index (χ4v) is 2.17. The van der Waals surface area contributed by atoms with Gasteiger partial charge in [0.25, 0.3) is 5.91 Å². The Morgan fingerprint density at radius 1 is 1.67 bits per heavy atom. The minimum atomic E-state index is -0.0846. The van der Waals surface area contributed by atoms with Gasteiger partial charge in [-0.3, -0.25) is 4.79 Å². The molecule has 5 heteroatoms. The fourth-order valence-electron chi connectivity index (χ4n) is 1.96. The number of amides is 1. The third-order valence-corrected chi connectivity index (χ3v) is 3.43. The molecule has 2 rings (SSSR count). The van der Waals surface area contributed by atoms with Crippen LogP contribution in [0.15, 0.2) is 12.3 Å². The topological polar surface area (TPSA) is 54.3 Å². The second kappa shape index (κ2) is 5.76. The summed E-state index contributed by atoms with van der Waals surface area (Å²) in [5.41, 5.74) is 0.638. The highest BCUT2D eigenvalue weighted by Gasteiger charge is 2.27. The molecule has 1 fully saturated rings. The number of aliphatic hydroxyl groups excluding tert-OH is 1. The Hall–Kier alpha value is -1.00. The van der Waals surface area contributed by atoms with Crippen LogP contribution in [0, 0.1) is 5.92 Å². The lowest BCUT2D eigenvalue weighted by molar-refractivity contribution is 0.0936. The zero-order chi connectivity index (χ0) is 13.1. The minimum Gasteiger partial charge on any atom is -0.396 e. The Morgan fingerprint density at radius 2 is 2.39 bits per heavy atom. The Morgan fingerprint density at radius 3 is 3.00 bits per heavy atom. The van der Waals surface area contributed by atoms with Gasteiger partial charge in [0.15, 0.2) is 0 Å². The van der Waals surface area contributed by atoms with E-state index in [1.807, 2.05) is 17.7 Å². The maximum absolute atomic E-state index is 12.1. The number of nitrogens with one attached hydrogen (secondary N) is 1. The van der Waals surface area contributed by atoms with Crippen molar-refractivity contribution in [3.63, 3.8) is 0 Å². The first-order chi connectivity index (χ1) is 8.61. The monoisotopic (exact) mass is 270 g/mol. The van der Waals surface area contributed by atoms with Gasteiger partial charge in [0.2, 0.25) is 0 Å². The number of aliphatic hydroxyl groups is 1. The molecular formula is C13H19ClN2O2. The van der Waals surface area contributed by atoms with Gasteiger partial charge in [-0.15, -0.1) is 0 Å². The first kappa shape index (κ1) is 13.4. The van der Waals surface area contributed by atoms with Gasteiger partial charge in [0, 0.05) is 25.4 Å². The number of carbonyl (C=O) groups excluding carboxylic acids is 1. The molecule has 0 aromatic carbocycles. The van der Waals surface area contributed by atoms with Crippen molar-refractivity contribution < 1.29 is 9.90 Å². The summed E-state index contributed by atoms with van der Waals surface area (Å²) in [6.45, 7) is 2.73. The highest BCUT2D eigenvalue weighted by Crippen LogP contribution is 2.37. The van der Waals surface area contributed by atoms with Crippen molar-refractivity contribution in [2.45, 2.75) is 32.2 Å². The van der Waals surface area contributed by atoms with Crippen LogP contribution in [0.2, 0.25) is 5.02 Å². The molecule has 1 aromatic heterocycles. The van der Waals surface area contributed by atoms with Crippen molar-refractivity contribution in [3.05, 3.63) is 23.0 Å². The van der Waals surface area contributed by atoms with E-state index in [-0.39, 0.29) is 18.4 Å². The Kier molecular flexibility index (Phi) is 4.30. The normalized spacial score (nSPS) is 16.6.